The quantitative estimate of drug-likeness (QED) is 0.570. The molecule has 3 aromatic rings. The zero-order valence-electron chi connectivity index (χ0n) is 10.8. The number of nitrogens with two attached hydrogens (primary N) is 1. The Morgan fingerprint density at radius 1 is 1.20 bits per heavy atom. The Morgan fingerprint density at radius 3 is 2.75 bits per heavy atom. The van der Waals surface area contributed by atoms with E-state index in [4.69, 9.17) is 10.2 Å². The molecule has 1 aromatic heterocycles. The molecule has 0 aliphatic rings. The molecule has 100 valence electrons. The number of nitrogen functional groups attached to an aromatic ring is 1. The molecule has 0 bridgehead atoms. The molecule has 0 amide bonds. The van der Waals surface area contributed by atoms with E-state index in [0.29, 0.717) is 5.58 Å². The van der Waals surface area contributed by atoms with Gasteiger partial charge < -0.3 is 10.2 Å². The van der Waals surface area contributed by atoms with Crippen molar-refractivity contribution in [1.82, 2.24) is 0 Å². The van der Waals surface area contributed by atoms with Crippen LogP contribution < -0.4 is 5.73 Å². The van der Waals surface area contributed by atoms with Crippen molar-refractivity contribution in [2.75, 3.05) is 5.73 Å². The highest BCUT2D eigenvalue weighted by molar-refractivity contribution is 6.12. The maximum atomic E-state index is 13.3. The number of hydrogen-bond donors (Lipinski definition) is 1. The average Bonchev–Trinajstić information content (AvgIpc) is 2.86. The van der Waals surface area contributed by atoms with Gasteiger partial charge in [0.15, 0.2) is 5.76 Å². The molecule has 0 saturated heterocycles. The minimum Gasteiger partial charge on any atom is -0.452 e. The van der Waals surface area contributed by atoms with E-state index in [0.717, 1.165) is 17.0 Å². The second-order valence-electron chi connectivity index (χ2n) is 4.66. The van der Waals surface area contributed by atoms with Gasteiger partial charge in [0.25, 0.3) is 0 Å². The first-order valence-electron chi connectivity index (χ1n) is 6.15. The van der Waals surface area contributed by atoms with Crippen LogP contribution in [-0.4, -0.2) is 5.78 Å². The first-order chi connectivity index (χ1) is 9.56. The number of anilines is 1. The van der Waals surface area contributed by atoms with Gasteiger partial charge in [0, 0.05) is 11.1 Å². The summed E-state index contributed by atoms with van der Waals surface area (Å²) in [6, 6.07) is 11.0. The Bertz CT molecular complexity index is 820. The summed E-state index contributed by atoms with van der Waals surface area (Å²) < 4.78 is 18.8. The minimum absolute atomic E-state index is 0.113. The standard InChI is InChI=1S/C16H12FNO2/c1-9-3-2-4-10-7-14(20-16(9)10)15(19)12-8-11(17)5-6-13(12)18/h2-8H,18H2,1H3. The smallest absolute Gasteiger partial charge is 0.230 e. The molecule has 0 radical (unpaired) electrons. The van der Waals surface area contributed by atoms with Crippen molar-refractivity contribution in [2.24, 2.45) is 0 Å². The van der Waals surface area contributed by atoms with Crippen LogP contribution in [0.4, 0.5) is 10.1 Å². The van der Waals surface area contributed by atoms with Crippen LogP contribution in [0.25, 0.3) is 11.0 Å². The summed E-state index contributed by atoms with van der Waals surface area (Å²) >= 11 is 0. The van der Waals surface area contributed by atoms with Gasteiger partial charge in [-0.25, -0.2) is 4.39 Å². The highest BCUT2D eigenvalue weighted by Gasteiger charge is 2.18. The highest BCUT2D eigenvalue weighted by atomic mass is 19.1. The van der Waals surface area contributed by atoms with E-state index in [1.807, 2.05) is 25.1 Å². The molecule has 0 saturated carbocycles. The summed E-state index contributed by atoms with van der Waals surface area (Å²) in [4.78, 5) is 12.4. The van der Waals surface area contributed by atoms with Crippen LogP contribution in [0.3, 0.4) is 0 Å². The van der Waals surface area contributed by atoms with Gasteiger partial charge in [0.1, 0.15) is 11.4 Å². The topological polar surface area (TPSA) is 56.2 Å². The summed E-state index contributed by atoms with van der Waals surface area (Å²) in [5, 5.41) is 0.836. The third-order valence-electron chi connectivity index (χ3n) is 3.22. The van der Waals surface area contributed by atoms with Crippen molar-refractivity contribution in [1.29, 1.82) is 0 Å². The highest BCUT2D eigenvalue weighted by Crippen LogP contribution is 2.26. The predicted octanol–water partition coefficient (Wildman–Crippen LogP) is 3.69. The third-order valence-corrected chi connectivity index (χ3v) is 3.22. The van der Waals surface area contributed by atoms with Gasteiger partial charge in [-0.1, -0.05) is 18.2 Å². The molecular weight excluding hydrogens is 257 g/mol. The Morgan fingerprint density at radius 2 is 2.00 bits per heavy atom. The van der Waals surface area contributed by atoms with Crippen LogP contribution in [0.5, 0.6) is 0 Å². The number of rotatable bonds is 2. The molecular formula is C16H12FNO2. The number of aryl methyl sites for hydroxylation is 1. The Balaban J connectivity index is 2.13. The molecule has 0 spiro atoms. The second kappa shape index (κ2) is 4.49. The monoisotopic (exact) mass is 269 g/mol. The van der Waals surface area contributed by atoms with E-state index in [2.05, 4.69) is 0 Å². The van der Waals surface area contributed by atoms with E-state index in [9.17, 15) is 9.18 Å². The zero-order chi connectivity index (χ0) is 14.3. The van der Waals surface area contributed by atoms with Gasteiger partial charge in [-0.05, 0) is 36.8 Å². The maximum absolute atomic E-state index is 13.3. The fourth-order valence-corrected chi connectivity index (χ4v) is 2.18. The van der Waals surface area contributed by atoms with Crippen molar-refractivity contribution in [3.63, 3.8) is 0 Å². The molecule has 2 N–H and O–H groups in total. The number of furan rings is 1. The van der Waals surface area contributed by atoms with E-state index in [-0.39, 0.29) is 17.0 Å². The lowest BCUT2D eigenvalue weighted by atomic mass is 10.1. The van der Waals surface area contributed by atoms with E-state index in [1.165, 1.54) is 12.1 Å². The Hall–Kier alpha value is -2.62. The molecule has 0 fully saturated rings. The number of hydrogen-bond acceptors (Lipinski definition) is 3. The van der Waals surface area contributed by atoms with Crippen molar-refractivity contribution in [2.45, 2.75) is 6.92 Å². The largest absolute Gasteiger partial charge is 0.452 e. The summed E-state index contributed by atoms with van der Waals surface area (Å²) in [5.74, 6) is -0.765. The van der Waals surface area contributed by atoms with Crippen molar-refractivity contribution >= 4 is 22.4 Å². The Labute approximate surface area is 114 Å². The molecule has 0 aliphatic carbocycles. The van der Waals surface area contributed by atoms with Crippen LogP contribution in [0.2, 0.25) is 0 Å². The van der Waals surface area contributed by atoms with Gasteiger partial charge in [0.2, 0.25) is 5.78 Å². The zero-order valence-corrected chi connectivity index (χ0v) is 10.8. The number of carbonyl (C=O) groups is 1. The van der Waals surface area contributed by atoms with Gasteiger partial charge in [-0.15, -0.1) is 0 Å². The average molecular weight is 269 g/mol. The SMILES string of the molecule is Cc1cccc2cc(C(=O)c3cc(F)ccc3N)oc12. The first-order valence-corrected chi connectivity index (χ1v) is 6.15. The fourth-order valence-electron chi connectivity index (χ4n) is 2.18. The molecule has 0 aliphatic heterocycles. The maximum Gasteiger partial charge on any atom is 0.230 e. The van der Waals surface area contributed by atoms with Crippen LogP contribution >= 0.6 is 0 Å². The first kappa shape index (κ1) is 12.4. The molecule has 20 heavy (non-hydrogen) atoms. The molecule has 1 heterocycles. The fraction of sp³-hybridized carbons (Fsp3) is 0.0625. The van der Waals surface area contributed by atoms with Gasteiger partial charge in [0.05, 0.1) is 5.56 Å². The normalized spacial score (nSPS) is 10.9. The molecule has 0 atom stereocenters. The van der Waals surface area contributed by atoms with Gasteiger partial charge >= 0.3 is 0 Å². The van der Waals surface area contributed by atoms with Crippen molar-refractivity contribution in [3.8, 4) is 0 Å². The lowest BCUT2D eigenvalue weighted by Crippen LogP contribution is -2.04. The molecule has 3 rings (SSSR count). The van der Waals surface area contributed by atoms with Gasteiger partial charge in [-0.3, -0.25) is 4.79 Å². The van der Waals surface area contributed by atoms with E-state index < -0.39 is 11.6 Å². The van der Waals surface area contributed by atoms with Crippen molar-refractivity contribution in [3.05, 3.63) is 65.2 Å². The lowest BCUT2D eigenvalue weighted by molar-refractivity contribution is 0.101. The second-order valence-corrected chi connectivity index (χ2v) is 4.66. The summed E-state index contributed by atoms with van der Waals surface area (Å²) in [5.41, 5.74) is 7.66. The summed E-state index contributed by atoms with van der Waals surface area (Å²) in [6.07, 6.45) is 0. The number of fused-ring (bicyclic) bond motifs is 1. The number of ketones is 1. The number of benzene rings is 2. The van der Waals surface area contributed by atoms with Crippen LogP contribution in [0.1, 0.15) is 21.7 Å². The third kappa shape index (κ3) is 1.95. The van der Waals surface area contributed by atoms with Crippen LogP contribution in [0, 0.1) is 12.7 Å². The van der Waals surface area contributed by atoms with Crippen LogP contribution in [-0.2, 0) is 0 Å². The number of para-hydroxylation sites is 1. The summed E-state index contributed by atoms with van der Waals surface area (Å²) in [6.45, 7) is 1.90. The predicted molar refractivity (Wildman–Crippen MR) is 75.2 cm³/mol. The van der Waals surface area contributed by atoms with E-state index >= 15 is 0 Å². The minimum atomic E-state index is -0.505. The molecule has 0 unspecified atom stereocenters. The number of carbonyl (C=O) groups excluding carboxylic acids is 1. The van der Waals surface area contributed by atoms with Crippen LogP contribution in [0.15, 0.2) is 46.9 Å². The molecule has 3 nitrogen and oxygen atoms in total. The van der Waals surface area contributed by atoms with Gasteiger partial charge in [-0.2, -0.15) is 0 Å². The summed E-state index contributed by atoms with van der Waals surface area (Å²) in [7, 11) is 0. The lowest BCUT2D eigenvalue weighted by Gasteiger charge is -2.02. The van der Waals surface area contributed by atoms with E-state index in [1.54, 1.807) is 6.07 Å². The molecule has 4 heteroatoms. The van der Waals surface area contributed by atoms with Crippen molar-refractivity contribution < 1.29 is 13.6 Å². The number of halogens is 1. The molecule has 2 aromatic carbocycles. The Kier molecular flexibility index (Phi) is 2.79.